The maximum absolute atomic E-state index is 4.96. The Hall–Kier alpha value is -0.120. The highest BCUT2D eigenvalue weighted by atomic mass is 16.5. The number of ether oxygens (including phenoxy) is 1. The van der Waals surface area contributed by atoms with Crippen LogP contribution in [0.25, 0.3) is 0 Å². The largest absolute Gasteiger partial charge is 0.383 e. The molecule has 12 heavy (non-hydrogen) atoms. The summed E-state index contributed by atoms with van der Waals surface area (Å²) in [5.74, 6) is 1.63. The molecule has 0 aromatic rings. The van der Waals surface area contributed by atoms with E-state index in [1.807, 2.05) is 0 Å². The Labute approximate surface area is 74.9 Å². The van der Waals surface area contributed by atoms with Gasteiger partial charge in [-0.2, -0.15) is 0 Å². The monoisotopic (exact) mass is 172 g/mol. The van der Waals surface area contributed by atoms with E-state index in [9.17, 15) is 0 Å². The van der Waals surface area contributed by atoms with Crippen LogP contribution in [0.15, 0.2) is 0 Å². The molecule has 1 aliphatic heterocycles. The van der Waals surface area contributed by atoms with Crippen molar-refractivity contribution < 1.29 is 4.74 Å². The van der Waals surface area contributed by atoms with Crippen LogP contribution in [0.3, 0.4) is 0 Å². The normalized spacial score (nSPS) is 29.5. The third-order valence-electron chi connectivity index (χ3n) is 2.57. The molecule has 0 aliphatic carbocycles. The molecule has 1 fully saturated rings. The van der Waals surface area contributed by atoms with Gasteiger partial charge in [0.05, 0.1) is 6.61 Å². The Kier molecular flexibility index (Phi) is 4.58. The van der Waals surface area contributed by atoms with Crippen LogP contribution in [0.4, 0.5) is 0 Å². The number of methoxy groups -OCH3 is 1. The van der Waals surface area contributed by atoms with Crippen molar-refractivity contribution in [3.63, 3.8) is 0 Å². The Bertz CT molecular complexity index is 119. The van der Waals surface area contributed by atoms with E-state index in [4.69, 9.17) is 4.74 Å². The molecule has 2 N–H and O–H groups in total. The van der Waals surface area contributed by atoms with Crippen LogP contribution < -0.4 is 10.6 Å². The van der Waals surface area contributed by atoms with E-state index in [2.05, 4.69) is 17.6 Å². The van der Waals surface area contributed by atoms with Crippen molar-refractivity contribution in [1.29, 1.82) is 0 Å². The molecule has 0 radical (unpaired) electrons. The minimum atomic E-state index is 0.807. The SMILES string of the molecule is COCCNC[C@@H]1CNC[C@H]1C. The summed E-state index contributed by atoms with van der Waals surface area (Å²) in [6, 6.07) is 0. The second-order valence-corrected chi connectivity index (χ2v) is 3.59. The van der Waals surface area contributed by atoms with Crippen LogP contribution in [0, 0.1) is 11.8 Å². The molecular weight excluding hydrogens is 152 g/mol. The van der Waals surface area contributed by atoms with Gasteiger partial charge in [0.2, 0.25) is 0 Å². The highest BCUT2D eigenvalue weighted by Gasteiger charge is 2.21. The third-order valence-corrected chi connectivity index (χ3v) is 2.57. The molecule has 0 bridgehead atoms. The van der Waals surface area contributed by atoms with E-state index < -0.39 is 0 Å². The predicted molar refractivity (Wildman–Crippen MR) is 50.3 cm³/mol. The average Bonchev–Trinajstić information content (AvgIpc) is 2.46. The van der Waals surface area contributed by atoms with Gasteiger partial charge in [0.25, 0.3) is 0 Å². The van der Waals surface area contributed by atoms with Crippen LogP contribution in [-0.4, -0.2) is 39.9 Å². The van der Waals surface area contributed by atoms with Crippen LogP contribution in [-0.2, 0) is 4.74 Å². The molecule has 1 rings (SSSR count). The highest BCUT2D eigenvalue weighted by Crippen LogP contribution is 2.13. The summed E-state index contributed by atoms with van der Waals surface area (Å²) < 4.78 is 4.96. The lowest BCUT2D eigenvalue weighted by Crippen LogP contribution is -2.29. The van der Waals surface area contributed by atoms with Gasteiger partial charge < -0.3 is 15.4 Å². The molecule has 1 aliphatic rings. The zero-order valence-corrected chi connectivity index (χ0v) is 8.10. The Morgan fingerprint density at radius 1 is 1.50 bits per heavy atom. The summed E-state index contributed by atoms with van der Waals surface area (Å²) in [6.45, 7) is 7.56. The van der Waals surface area contributed by atoms with Gasteiger partial charge in [-0.05, 0) is 31.5 Å². The Morgan fingerprint density at radius 3 is 2.92 bits per heavy atom. The van der Waals surface area contributed by atoms with Gasteiger partial charge in [0, 0.05) is 13.7 Å². The van der Waals surface area contributed by atoms with Crippen molar-refractivity contribution in [1.82, 2.24) is 10.6 Å². The van der Waals surface area contributed by atoms with Crippen LogP contribution >= 0.6 is 0 Å². The lowest BCUT2D eigenvalue weighted by atomic mass is 9.98. The molecule has 72 valence electrons. The summed E-state index contributed by atoms with van der Waals surface area (Å²) in [4.78, 5) is 0. The molecule has 2 atom stereocenters. The smallest absolute Gasteiger partial charge is 0.0587 e. The minimum absolute atomic E-state index is 0.807. The maximum atomic E-state index is 4.96. The first-order valence-corrected chi connectivity index (χ1v) is 4.75. The predicted octanol–water partition coefficient (Wildman–Crippen LogP) is 0.0779. The maximum Gasteiger partial charge on any atom is 0.0587 e. The molecule has 1 saturated heterocycles. The van der Waals surface area contributed by atoms with Crippen molar-refractivity contribution in [2.24, 2.45) is 11.8 Å². The topological polar surface area (TPSA) is 33.3 Å². The standard InChI is InChI=1S/C9H20N2O/c1-8-5-11-7-9(8)6-10-3-4-12-2/h8-11H,3-7H2,1-2H3/t8-,9-/m1/s1. The first kappa shape index (κ1) is 9.96. The number of rotatable bonds is 5. The third kappa shape index (κ3) is 3.09. The summed E-state index contributed by atoms with van der Waals surface area (Å²) in [6.07, 6.45) is 0. The summed E-state index contributed by atoms with van der Waals surface area (Å²) in [7, 11) is 1.74. The molecule has 0 unspecified atom stereocenters. The molecule has 3 heteroatoms. The van der Waals surface area contributed by atoms with Crippen molar-refractivity contribution in [3.8, 4) is 0 Å². The number of hydrogen-bond acceptors (Lipinski definition) is 3. The van der Waals surface area contributed by atoms with Crippen LogP contribution in [0.1, 0.15) is 6.92 Å². The molecule has 0 amide bonds. The summed E-state index contributed by atoms with van der Waals surface area (Å²) in [5, 5.41) is 6.79. The number of hydrogen-bond donors (Lipinski definition) is 2. The van der Waals surface area contributed by atoms with Gasteiger partial charge in [0.1, 0.15) is 0 Å². The lowest BCUT2D eigenvalue weighted by molar-refractivity contribution is 0.197. The van der Waals surface area contributed by atoms with E-state index >= 15 is 0 Å². The molecule has 0 aromatic heterocycles. The van der Waals surface area contributed by atoms with Gasteiger partial charge in [-0.3, -0.25) is 0 Å². The average molecular weight is 172 g/mol. The zero-order chi connectivity index (χ0) is 8.81. The second-order valence-electron chi connectivity index (χ2n) is 3.59. The lowest BCUT2D eigenvalue weighted by Gasteiger charge is -2.14. The zero-order valence-electron chi connectivity index (χ0n) is 8.10. The fourth-order valence-corrected chi connectivity index (χ4v) is 1.60. The van der Waals surface area contributed by atoms with Crippen molar-refractivity contribution in [2.45, 2.75) is 6.92 Å². The van der Waals surface area contributed by atoms with Crippen molar-refractivity contribution in [2.75, 3.05) is 39.9 Å². The van der Waals surface area contributed by atoms with E-state index in [1.165, 1.54) is 13.1 Å². The second kappa shape index (κ2) is 5.51. The van der Waals surface area contributed by atoms with Gasteiger partial charge >= 0.3 is 0 Å². The quantitative estimate of drug-likeness (QED) is 0.576. The molecule has 3 nitrogen and oxygen atoms in total. The minimum Gasteiger partial charge on any atom is -0.383 e. The Balaban J connectivity index is 1.98. The van der Waals surface area contributed by atoms with E-state index in [1.54, 1.807) is 7.11 Å². The van der Waals surface area contributed by atoms with E-state index in [0.717, 1.165) is 31.5 Å². The fourth-order valence-electron chi connectivity index (χ4n) is 1.60. The summed E-state index contributed by atoms with van der Waals surface area (Å²) >= 11 is 0. The first-order chi connectivity index (χ1) is 5.84. The van der Waals surface area contributed by atoms with Crippen molar-refractivity contribution in [3.05, 3.63) is 0 Å². The van der Waals surface area contributed by atoms with E-state index in [0.29, 0.717) is 0 Å². The van der Waals surface area contributed by atoms with Crippen LogP contribution in [0.5, 0.6) is 0 Å². The molecule has 0 spiro atoms. The van der Waals surface area contributed by atoms with Gasteiger partial charge in [-0.25, -0.2) is 0 Å². The number of nitrogens with one attached hydrogen (secondary N) is 2. The fraction of sp³-hybridized carbons (Fsp3) is 1.00. The highest BCUT2D eigenvalue weighted by molar-refractivity contribution is 4.79. The first-order valence-electron chi connectivity index (χ1n) is 4.75. The van der Waals surface area contributed by atoms with Crippen LogP contribution in [0.2, 0.25) is 0 Å². The van der Waals surface area contributed by atoms with Gasteiger partial charge in [-0.1, -0.05) is 6.92 Å². The molecular formula is C9H20N2O. The summed E-state index contributed by atoms with van der Waals surface area (Å²) in [5.41, 5.74) is 0. The van der Waals surface area contributed by atoms with E-state index in [-0.39, 0.29) is 0 Å². The van der Waals surface area contributed by atoms with Gasteiger partial charge in [-0.15, -0.1) is 0 Å². The molecule has 0 saturated carbocycles. The molecule has 1 heterocycles. The van der Waals surface area contributed by atoms with Crippen molar-refractivity contribution >= 4 is 0 Å². The Morgan fingerprint density at radius 2 is 2.33 bits per heavy atom. The molecule has 0 aromatic carbocycles. The van der Waals surface area contributed by atoms with Gasteiger partial charge in [0.15, 0.2) is 0 Å².